The van der Waals surface area contributed by atoms with Crippen LogP contribution in [0.5, 0.6) is 0 Å². The first-order valence-electron chi connectivity index (χ1n) is 6.31. The molecule has 0 atom stereocenters. The number of carbonyl (C=O) groups is 2. The second-order valence-corrected chi connectivity index (χ2v) is 5.62. The zero-order valence-electron chi connectivity index (χ0n) is 10.5. The molecule has 0 saturated heterocycles. The second-order valence-electron chi connectivity index (χ2n) is 4.56. The van der Waals surface area contributed by atoms with Crippen LogP contribution < -0.4 is 0 Å². The van der Waals surface area contributed by atoms with Crippen molar-refractivity contribution >= 4 is 33.3 Å². The number of ether oxygens (including phenoxy) is 1. The smallest absolute Gasteiger partial charge is 0.379 e. The zero-order chi connectivity index (χ0) is 13.4. The van der Waals surface area contributed by atoms with Gasteiger partial charge in [0.25, 0.3) is 5.78 Å². The Labute approximate surface area is 114 Å². The maximum Gasteiger partial charge on any atom is 0.379 e. The molecule has 1 aromatic carbocycles. The van der Waals surface area contributed by atoms with Gasteiger partial charge >= 0.3 is 5.97 Å². The molecule has 2 aromatic rings. The molecule has 3 rings (SSSR count). The summed E-state index contributed by atoms with van der Waals surface area (Å²) < 4.78 is 5.77. The number of benzene rings is 1. The summed E-state index contributed by atoms with van der Waals surface area (Å²) in [5.74, 6) is -0.814. The Morgan fingerprint density at radius 3 is 2.89 bits per heavy atom. The zero-order valence-corrected chi connectivity index (χ0v) is 11.3. The van der Waals surface area contributed by atoms with Crippen LogP contribution in [0.2, 0.25) is 0 Å². The number of hydrogen-bond donors (Lipinski definition) is 0. The van der Waals surface area contributed by atoms with E-state index in [1.54, 1.807) is 30.4 Å². The Morgan fingerprint density at radius 2 is 2.21 bits per heavy atom. The van der Waals surface area contributed by atoms with E-state index in [0.29, 0.717) is 11.5 Å². The Bertz CT molecular complexity index is 658. The monoisotopic (exact) mass is 275 g/mol. The molecule has 4 nitrogen and oxygen atoms in total. The van der Waals surface area contributed by atoms with E-state index in [2.05, 4.69) is 4.98 Å². The van der Waals surface area contributed by atoms with Crippen LogP contribution in [-0.2, 0) is 9.53 Å². The summed E-state index contributed by atoms with van der Waals surface area (Å²) in [6, 6.07) is 5.19. The number of esters is 1. The average Bonchev–Trinajstić information content (AvgIpc) is 3.17. The Hall–Kier alpha value is -1.75. The lowest BCUT2D eigenvalue weighted by atomic mass is 10.1. The molecular formula is C14H13NO3S. The highest BCUT2D eigenvalue weighted by molar-refractivity contribution is 7.18. The van der Waals surface area contributed by atoms with Crippen molar-refractivity contribution in [3.8, 4) is 0 Å². The van der Waals surface area contributed by atoms with Crippen molar-refractivity contribution in [3.05, 3.63) is 28.8 Å². The minimum Gasteiger partial charge on any atom is -0.460 e. The van der Waals surface area contributed by atoms with Crippen LogP contribution in [0.25, 0.3) is 10.2 Å². The van der Waals surface area contributed by atoms with Crippen LogP contribution in [0.3, 0.4) is 0 Å². The lowest BCUT2D eigenvalue weighted by molar-refractivity contribution is -0.137. The van der Waals surface area contributed by atoms with Gasteiger partial charge in [0, 0.05) is 11.5 Å². The molecule has 1 saturated carbocycles. The van der Waals surface area contributed by atoms with Crippen LogP contribution in [0, 0.1) is 0 Å². The quantitative estimate of drug-likeness (QED) is 0.489. The van der Waals surface area contributed by atoms with Gasteiger partial charge in [-0.15, -0.1) is 11.3 Å². The highest BCUT2D eigenvalue weighted by Crippen LogP contribution is 2.43. The third-order valence-electron chi connectivity index (χ3n) is 3.05. The number of carbonyl (C=O) groups excluding carboxylic acids is 2. The summed E-state index contributed by atoms with van der Waals surface area (Å²) in [6.07, 6.45) is 2.41. The van der Waals surface area contributed by atoms with E-state index >= 15 is 0 Å². The van der Waals surface area contributed by atoms with Crippen molar-refractivity contribution in [2.45, 2.75) is 25.7 Å². The molecule has 1 fully saturated rings. The summed E-state index contributed by atoms with van der Waals surface area (Å²) in [7, 11) is 0. The minimum absolute atomic E-state index is 0.204. The lowest BCUT2D eigenvalue weighted by Gasteiger charge is -2.00. The summed E-state index contributed by atoms with van der Waals surface area (Å²) in [4.78, 5) is 27.8. The molecule has 98 valence electrons. The first-order valence-corrected chi connectivity index (χ1v) is 7.12. The number of aromatic nitrogens is 1. The first kappa shape index (κ1) is 12.3. The van der Waals surface area contributed by atoms with E-state index in [-0.39, 0.29) is 6.61 Å². The van der Waals surface area contributed by atoms with Crippen LogP contribution in [0.4, 0.5) is 0 Å². The summed E-state index contributed by atoms with van der Waals surface area (Å²) in [5.41, 5.74) is 1.14. The minimum atomic E-state index is -0.806. The van der Waals surface area contributed by atoms with Gasteiger partial charge in [-0.1, -0.05) is 0 Å². The summed E-state index contributed by atoms with van der Waals surface area (Å²) in [5, 5.41) is 1.13. The van der Waals surface area contributed by atoms with E-state index in [1.165, 1.54) is 12.8 Å². The number of hydrogen-bond acceptors (Lipinski definition) is 5. The molecule has 0 bridgehead atoms. The fraction of sp³-hybridized carbons (Fsp3) is 0.357. The number of Topliss-reactive ketones (excluding diaryl/α,β-unsaturated/α-hetero) is 1. The van der Waals surface area contributed by atoms with E-state index in [9.17, 15) is 9.59 Å². The summed E-state index contributed by atoms with van der Waals surface area (Å²) >= 11 is 1.67. The van der Waals surface area contributed by atoms with Crippen molar-refractivity contribution in [1.29, 1.82) is 0 Å². The van der Waals surface area contributed by atoms with Crippen LogP contribution in [-0.4, -0.2) is 23.3 Å². The van der Waals surface area contributed by atoms with Crippen molar-refractivity contribution in [3.63, 3.8) is 0 Å². The number of nitrogens with zero attached hydrogens (tertiary/aromatic N) is 1. The third kappa shape index (κ3) is 2.38. The van der Waals surface area contributed by atoms with Crippen LogP contribution in [0.1, 0.15) is 41.0 Å². The molecule has 19 heavy (non-hydrogen) atoms. The topological polar surface area (TPSA) is 56.3 Å². The van der Waals surface area contributed by atoms with Gasteiger partial charge in [-0.05, 0) is 38.0 Å². The highest BCUT2D eigenvalue weighted by Gasteiger charge is 2.27. The lowest BCUT2D eigenvalue weighted by Crippen LogP contribution is -2.17. The number of rotatable bonds is 4. The standard InChI is InChI=1S/C14H13NO3S/c1-2-18-14(17)12(16)9-5-6-11-10(7-9)15-13(19-11)8-3-4-8/h5-8H,2-4H2,1H3. The number of thiazole rings is 1. The molecule has 0 unspecified atom stereocenters. The Kier molecular flexibility index (Phi) is 3.06. The van der Waals surface area contributed by atoms with Crippen LogP contribution >= 0.6 is 11.3 Å². The number of ketones is 1. The molecule has 0 aliphatic heterocycles. The Morgan fingerprint density at radius 1 is 1.42 bits per heavy atom. The number of fused-ring (bicyclic) bond motifs is 1. The predicted octanol–water partition coefficient (Wildman–Crippen LogP) is 2.92. The molecule has 1 heterocycles. The molecule has 0 N–H and O–H groups in total. The molecular weight excluding hydrogens is 262 g/mol. The van der Waals surface area contributed by atoms with Gasteiger partial charge in [0.1, 0.15) is 0 Å². The van der Waals surface area contributed by atoms with Gasteiger partial charge in [0.2, 0.25) is 0 Å². The van der Waals surface area contributed by atoms with E-state index in [0.717, 1.165) is 15.2 Å². The van der Waals surface area contributed by atoms with Gasteiger partial charge < -0.3 is 4.74 Å². The highest BCUT2D eigenvalue weighted by atomic mass is 32.1. The van der Waals surface area contributed by atoms with Gasteiger partial charge in [0.15, 0.2) is 0 Å². The molecule has 0 spiro atoms. The van der Waals surface area contributed by atoms with Gasteiger partial charge in [0.05, 0.1) is 21.8 Å². The maximum absolute atomic E-state index is 11.8. The van der Waals surface area contributed by atoms with E-state index < -0.39 is 11.8 Å². The van der Waals surface area contributed by atoms with Crippen LogP contribution in [0.15, 0.2) is 18.2 Å². The van der Waals surface area contributed by atoms with Crippen molar-refractivity contribution < 1.29 is 14.3 Å². The molecule has 0 amide bonds. The molecule has 1 aliphatic carbocycles. The average molecular weight is 275 g/mol. The normalized spacial score (nSPS) is 14.6. The van der Waals surface area contributed by atoms with Crippen molar-refractivity contribution in [2.24, 2.45) is 0 Å². The largest absolute Gasteiger partial charge is 0.460 e. The maximum atomic E-state index is 11.8. The van der Waals surface area contributed by atoms with Gasteiger partial charge in [-0.3, -0.25) is 4.79 Å². The predicted molar refractivity (Wildman–Crippen MR) is 72.6 cm³/mol. The van der Waals surface area contributed by atoms with Gasteiger partial charge in [-0.25, -0.2) is 9.78 Å². The van der Waals surface area contributed by atoms with Gasteiger partial charge in [-0.2, -0.15) is 0 Å². The van der Waals surface area contributed by atoms with E-state index in [4.69, 9.17) is 4.74 Å². The SMILES string of the molecule is CCOC(=O)C(=O)c1ccc2sc(C3CC3)nc2c1. The fourth-order valence-electron chi connectivity index (χ4n) is 1.91. The fourth-order valence-corrected chi connectivity index (χ4v) is 3.02. The summed E-state index contributed by atoms with van der Waals surface area (Å²) in [6.45, 7) is 1.88. The molecule has 5 heteroatoms. The molecule has 1 aromatic heterocycles. The second kappa shape index (κ2) is 4.74. The molecule has 1 aliphatic rings. The van der Waals surface area contributed by atoms with E-state index in [1.807, 2.05) is 6.07 Å². The van der Waals surface area contributed by atoms with Crippen molar-refractivity contribution in [2.75, 3.05) is 6.61 Å². The first-order chi connectivity index (χ1) is 9.19. The molecule has 0 radical (unpaired) electrons. The third-order valence-corrected chi connectivity index (χ3v) is 4.25. The Balaban J connectivity index is 1.92. The van der Waals surface area contributed by atoms with Crippen molar-refractivity contribution in [1.82, 2.24) is 4.98 Å².